The maximum Gasteiger partial charge on any atom is 0.123 e. The molecule has 0 spiro atoms. The molecule has 0 bridgehead atoms. The average Bonchev–Trinajstić information content (AvgIpc) is 2.70. The highest BCUT2D eigenvalue weighted by molar-refractivity contribution is 5.28. The monoisotopic (exact) mass is 234 g/mol. The molecule has 0 radical (unpaired) electrons. The highest BCUT2D eigenvalue weighted by Crippen LogP contribution is 2.22. The number of aliphatic hydroxyl groups is 1. The van der Waals surface area contributed by atoms with Crippen LogP contribution in [0.25, 0.3) is 0 Å². The van der Waals surface area contributed by atoms with Crippen molar-refractivity contribution in [1.82, 2.24) is 0 Å². The van der Waals surface area contributed by atoms with Crippen LogP contribution in [0.4, 0.5) is 4.39 Å². The molecule has 2 rings (SSSR count). The van der Waals surface area contributed by atoms with E-state index in [2.05, 4.69) is 0 Å². The largest absolute Gasteiger partial charge is 0.469 e. The molecule has 17 heavy (non-hydrogen) atoms. The van der Waals surface area contributed by atoms with E-state index in [1.165, 1.54) is 18.4 Å². The standard InChI is InChI=1S/C14H15FO2/c1-9-3-4-13(15)6-11(9)7-14(16)12-5-10(2)17-8-12/h3-6,8,14,16H,7H2,1-2H3. The third-order valence-electron chi connectivity index (χ3n) is 2.86. The van der Waals surface area contributed by atoms with E-state index in [4.69, 9.17) is 4.42 Å². The van der Waals surface area contributed by atoms with Crippen molar-refractivity contribution in [2.24, 2.45) is 0 Å². The van der Waals surface area contributed by atoms with Gasteiger partial charge in [0.2, 0.25) is 0 Å². The van der Waals surface area contributed by atoms with Crippen LogP contribution in [0.1, 0.15) is 28.6 Å². The Balaban J connectivity index is 2.18. The maximum absolute atomic E-state index is 13.1. The number of aliphatic hydroxyl groups excluding tert-OH is 1. The molecule has 1 unspecified atom stereocenters. The molecule has 1 aromatic heterocycles. The molecule has 1 atom stereocenters. The van der Waals surface area contributed by atoms with Gasteiger partial charge >= 0.3 is 0 Å². The lowest BCUT2D eigenvalue weighted by molar-refractivity contribution is 0.177. The number of furan rings is 1. The van der Waals surface area contributed by atoms with Crippen molar-refractivity contribution < 1.29 is 13.9 Å². The molecular weight excluding hydrogens is 219 g/mol. The lowest BCUT2D eigenvalue weighted by Crippen LogP contribution is -2.02. The van der Waals surface area contributed by atoms with Gasteiger partial charge < -0.3 is 9.52 Å². The fourth-order valence-corrected chi connectivity index (χ4v) is 1.82. The normalized spacial score (nSPS) is 12.7. The summed E-state index contributed by atoms with van der Waals surface area (Å²) in [6.45, 7) is 3.73. The third kappa shape index (κ3) is 2.74. The molecule has 0 aliphatic carbocycles. The summed E-state index contributed by atoms with van der Waals surface area (Å²) < 4.78 is 18.2. The molecule has 1 aromatic carbocycles. The molecule has 0 fully saturated rings. The van der Waals surface area contributed by atoms with Gasteiger partial charge in [-0.05, 0) is 43.2 Å². The molecule has 0 aliphatic rings. The van der Waals surface area contributed by atoms with Crippen molar-refractivity contribution in [1.29, 1.82) is 0 Å². The first kappa shape index (κ1) is 11.9. The molecule has 2 aromatic rings. The van der Waals surface area contributed by atoms with Crippen LogP contribution in [0, 0.1) is 19.7 Å². The van der Waals surface area contributed by atoms with Crippen molar-refractivity contribution in [3.8, 4) is 0 Å². The first-order chi connectivity index (χ1) is 8.06. The average molecular weight is 234 g/mol. The van der Waals surface area contributed by atoms with Crippen LogP contribution in [-0.4, -0.2) is 5.11 Å². The summed E-state index contributed by atoms with van der Waals surface area (Å²) in [7, 11) is 0. The topological polar surface area (TPSA) is 33.4 Å². The summed E-state index contributed by atoms with van der Waals surface area (Å²) in [5.74, 6) is 0.483. The minimum atomic E-state index is -0.659. The van der Waals surface area contributed by atoms with Gasteiger partial charge in [-0.15, -0.1) is 0 Å². The van der Waals surface area contributed by atoms with Gasteiger partial charge in [0.25, 0.3) is 0 Å². The van der Waals surface area contributed by atoms with Gasteiger partial charge in [0, 0.05) is 12.0 Å². The van der Waals surface area contributed by atoms with Crippen molar-refractivity contribution >= 4 is 0 Å². The zero-order valence-corrected chi connectivity index (χ0v) is 9.90. The molecule has 0 saturated heterocycles. The lowest BCUT2D eigenvalue weighted by Gasteiger charge is -2.10. The molecule has 0 aliphatic heterocycles. The quantitative estimate of drug-likeness (QED) is 0.883. The smallest absolute Gasteiger partial charge is 0.123 e. The van der Waals surface area contributed by atoms with Gasteiger partial charge in [0.05, 0.1) is 12.4 Å². The highest BCUT2D eigenvalue weighted by atomic mass is 19.1. The summed E-state index contributed by atoms with van der Waals surface area (Å²) >= 11 is 0. The third-order valence-corrected chi connectivity index (χ3v) is 2.86. The number of halogens is 1. The summed E-state index contributed by atoms with van der Waals surface area (Å²) in [6.07, 6.45) is 1.27. The molecule has 0 amide bonds. The van der Waals surface area contributed by atoms with Crippen molar-refractivity contribution in [2.75, 3.05) is 0 Å². The van der Waals surface area contributed by atoms with Crippen LogP contribution in [0.5, 0.6) is 0 Å². The molecule has 2 nitrogen and oxygen atoms in total. The number of aryl methyl sites for hydroxylation is 2. The lowest BCUT2D eigenvalue weighted by atomic mass is 9.99. The molecule has 0 saturated carbocycles. The van der Waals surface area contributed by atoms with Crippen molar-refractivity contribution in [3.63, 3.8) is 0 Å². The second kappa shape index (κ2) is 4.72. The Morgan fingerprint density at radius 2 is 2.06 bits per heavy atom. The Kier molecular flexibility index (Phi) is 3.29. The SMILES string of the molecule is Cc1cc(C(O)Cc2cc(F)ccc2C)co1. The first-order valence-corrected chi connectivity index (χ1v) is 5.54. The van der Waals surface area contributed by atoms with Gasteiger partial charge in [0.15, 0.2) is 0 Å². The minimum Gasteiger partial charge on any atom is -0.469 e. The number of benzene rings is 1. The summed E-state index contributed by atoms with van der Waals surface area (Å²) in [4.78, 5) is 0. The van der Waals surface area contributed by atoms with Crippen molar-refractivity contribution in [3.05, 3.63) is 58.8 Å². The van der Waals surface area contributed by atoms with E-state index in [-0.39, 0.29) is 5.82 Å². The fraction of sp³-hybridized carbons (Fsp3) is 0.286. The Labute approximate surface area is 99.7 Å². The maximum atomic E-state index is 13.1. The zero-order valence-electron chi connectivity index (χ0n) is 9.90. The Morgan fingerprint density at radius 1 is 1.29 bits per heavy atom. The van der Waals surface area contributed by atoms with E-state index in [0.29, 0.717) is 6.42 Å². The number of rotatable bonds is 3. The number of hydrogen-bond acceptors (Lipinski definition) is 2. The van der Waals surface area contributed by atoms with E-state index >= 15 is 0 Å². The van der Waals surface area contributed by atoms with Crippen LogP contribution in [-0.2, 0) is 6.42 Å². The Morgan fingerprint density at radius 3 is 2.71 bits per heavy atom. The molecule has 3 heteroatoms. The highest BCUT2D eigenvalue weighted by Gasteiger charge is 2.12. The molecule has 1 N–H and O–H groups in total. The van der Waals surface area contributed by atoms with Crippen LogP contribution in [0.2, 0.25) is 0 Å². The first-order valence-electron chi connectivity index (χ1n) is 5.54. The predicted octanol–water partition coefficient (Wildman–Crippen LogP) is 3.31. The Hall–Kier alpha value is -1.61. The van der Waals surface area contributed by atoms with Gasteiger partial charge in [-0.1, -0.05) is 6.07 Å². The minimum absolute atomic E-state index is 0.277. The summed E-state index contributed by atoms with van der Waals surface area (Å²) in [5.41, 5.74) is 2.52. The van der Waals surface area contributed by atoms with E-state index in [9.17, 15) is 9.50 Å². The molecular formula is C14H15FO2. The second-order valence-electron chi connectivity index (χ2n) is 4.28. The van der Waals surface area contributed by atoms with Gasteiger partial charge in [0.1, 0.15) is 11.6 Å². The van der Waals surface area contributed by atoms with E-state index in [1.54, 1.807) is 12.1 Å². The second-order valence-corrected chi connectivity index (χ2v) is 4.28. The van der Waals surface area contributed by atoms with Crippen LogP contribution >= 0.6 is 0 Å². The van der Waals surface area contributed by atoms with Gasteiger partial charge in [-0.25, -0.2) is 4.39 Å². The summed E-state index contributed by atoms with van der Waals surface area (Å²) in [5, 5.41) is 10.0. The van der Waals surface area contributed by atoms with Crippen LogP contribution in [0.15, 0.2) is 34.9 Å². The van der Waals surface area contributed by atoms with Crippen LogP contribution in [0.3, 0.4) is 0 Å². The van der Waals surface area contributed by atoms with Crippen LogP contribution < -0.4 is 0 Å². The molecule has 90 valence electrons. The fourth-order valence-electron chi connectivity index (χ4n) is 1.82. The van der Waals surface area contributed by atoms with Crippen molar-refractivity contribution in [2.45, 2.75) is 26.4 Å². The number of hydrogen-bond donors (Lipinski definition) is 1. The van der Waals surface area contributed by atoms with E-state index in [0.717, 1.165) is 22.5 Å². The van der Waals surface area contributed by atoms with E-state index in [1.807, 2.05) is 13.8 Å². The zero-order chi connectivity index (χ0) is 12.4. The van der Waals surface area contributed by atoms with Gasteiger partial charge in [-0.2, -0.15) is 0 Å². The van der Waals surface area contributed by atoms with E-state index < -0.39 is 6.10 Å². The Bertz CT molecular complexity index is 517. The van der Waals surface area contributed by atoms with Gasteiger partial charge in [-0.3, -0.25) is 0 Å². The predicted molar refractivity (Wildman–Crippen MR) is 63.2 cm³/mol. The summed E-state index contributed by atoms with van der Waals surface area (Å²) in [6, 6.07) is 6.40. The molecule has 1 heterocycles.